The molecule has 0 amide bonds. The van der Waals surface area contributed by atoms with Crippen molar-refractivity contribution in [1.29, 1.82) is 0 Å². The van der Waals surface area contributed by atoms with Gasteiger partial charge in [-0.05, 0) is 38.6 Å². The van der Waals surface area contributed by atoms with Gasteiger partial charge in [-0.3, -0.25) is 4.90 Å². The lowest BCUT2D eigenvalue weighted by Gasteiger charge is -2.43. The number of anilines is 1. The number of para-hydroxylation sites is 1. The maximum Gasteiger partial charge on any atom is 0.0900 e. The minimum absolute atomic E-state index is 0.512. The Hall–Kier alpha value is -1.10. The lowest BCUT2D eigenvalue weighted by atomic mass is 9.92. The molecule has 4 heteroatoms. The van der Waals surface area contributed by atoms with Gasteiger partial charge in [0.15, 0.2) is 0 Å². The maximum atomic E-state index is 10.8. The molecule has 116 valence electrons. The topological polar surface area (TPSA) is 30.0 Å². The van der Waals surface area contributed by atoms with Gasteiger partial charge in [-0.25, -0.2) is 0 Å². The molecule has 1 N–H and O–H groups in total. The third kappa shape index (κ3) is 3.76. The quantitative estimate of drug-likeness (QED) is 0.907. The van der Waals surface area contributed by atoms with Gasteiger partial charge in [0.1, 0.15) is 0 Å². The van der Waals surface area contributed by atoms with Crippen LogP contribution in [0.3, 0.4) is 0 Å². The van der Waals surface area contributed by atoms with Crippen molar-refractivity contribution in [2.24, 2.45) is 0 Å². The molecule has 0 aromatic heterocycles. The van der Waals surface area contributed by atoms with E-state index in [1.54, 1.807) is 0 Å². The fraction of sp³-hybridized carbons (Fsp3) is 0.647. The summed E-state index contributed by atoms with van der Waals surface area (Å²) in [5.41, 5.74) is 0.801. The number of aliphatic hydroxyl groups is 1. The molecular weight excluding hydrogens is 262 g/mol. The fourth-order valence-corrected chi connectivity index (χ4v) is 3.69. The van der Waals surface area contributed by atoms with Crippen LogP contribution >= 0.6 is 0 Å². The lowest BCUT2D eigenvalue weighted by molar-refractivity contribution is -0.0478. The van der Waals surface area contributed by atoms with Crippen molar-refractivity contribution < 1.29 is 5.11 Å². The Kier molecular flexibility index (Phi) is 4.48. The molecular formula is C17H27N3O. The Bertz CT molecular complexity index is 445. The van der Waals surface area contributed by atoms with Crippen molar-refractivity contribution in [3.05, 3.63) is 30.3 Å². The standard InChI is InChI=1S/C17H27N3O/c1-18-9-5-8-17(21,14-18)15-19-10-12-20(13-11-19)16-6-3-2-4-7-16/h2-4,6-7,21H,5,8-15H2,1H3/t17-/m1/s1. The van der Waals surface area contributed by atoms with Gasteiger partial charge in [0, 0.05) is 45.0 Å². The van der Waals surface area contributed by atoms with E-state index in [0.29, 0.717) is 0 Å². The number of hydrogen-bond acceptors (Lipinski definition) is 4. The van der Waals surface area contributed by atoms with Crippen LogP contribution in [0.2, 0.25) is 0 Å². The minimum atomic E-state index is -0.512. The number of likely N-dealkylation sites (N-methyl/N-ethyl adjacent to an activating group) is 1. The van der Waals surface area contributed by atoms with Gasteiger partial charge < -0.3 is 14.9 Å². The number of rotatable bonds is 3. The molecule has 2 saturated heterocycles. The molecule has 21 heavy (non-hydrogen) atoms. The lowest BCUT2D eigenvalue weighted by Crippen LogP contribution is -2.56. The highest BCUT2D eigenvalue weighted by Gasteiger charge is 2.34. The fourth-order valence-electron chi connectivity index (χ4n) is 3.69. The summed E-state index contributed by atoms with van der Waals surface area (Å²) in [5, 5.41) is 10.8. The van der Waals surface area contributed by atoms with Crippen LogP contribution < -0.4 is 4.90 Å². The van der Waals surface area contributed by atoms with E-state index in [0.717, 1.165) is 58.7 Å². The smallest absolute Gasteiger partial charge is 0.0900 e. The molecule has 0 spiro atoms. The van der Waals surface area contributed by atoms with Gasteiger partial charge in [-0.15, -0.1) is 0 Å². The second-order valence-corrected chi connectivity index (χ2v) is 6.66. The van der Waals surface area contributed by atoms with Crippen LogP contribution in [-0.4, -0.2) is 73.4 Å². The van der Waals surface area contributed by atoms with Gasteiger partial charge in [0.05, 0.1) is 5.60 Å². The number of nitrogens with zero attached hydrogens (tertiary/aromatic N) is 3. The molecule has 0 aliphatic carbocycles. The summed E-state index contributed by atoms with van der Waals surface area (Å²) in [6.45, 7) is 6.93. The number of β-amino-alcohol motifs (C(OH)–C–C–N with tert-alkyl or cyclic N) is 1. The first-order valence-corrected chi connectivity index (χ1v) is 8.08. The summed E-state index contributed by atoms with van der Waals surface area (Å²) < 4.78 is 0. The van der Waals surface area contributed by atoms with Crippen molar-refractivity contribution >= 4 is 5.69 Å². The van der Waals surface area contributed by atoms with E-state index < -0.39 is 5.60 Å². The first-order valence-electron chi connectivity index (χ1n) is 8.08. The van der Waals surface area contributed by atoms with Gasteiger partial charge >= 0.3 is 0 Å². The Morgan fingerprint density at radius 2 is 1.76 bits per heavy atom. The summed E-state index contributed by atoms with van der Waals surface area (Å²) in [4.78, 5) is 7.12. The molecule has 4 nitrogen and oxygen atoms in total. The summed E-state index contributed by atoms with van der Waals surface area (Å²) in [6.07, 6.45) is 2.05. The van der Waals surface area contributed by atoms with Crippen LogP contribution in [0.4, 0.5) is 5.69 Å². The highest BCUT2D eigenvalue weighted by atomic mass is 16.3. The molecule has 1 aromatic rings. The maximum absolute atomic E-state index is 10.8. The zero-order chi connectivity index (χ0) is 14.7. The van der Waals surface area contributed by atoms with Crippen LogP contribution in [0.1, 0.15) is 12.8 Å². The summed E-state index contributed by atoms with van der Waals surface area (Å²) in [6, 6.07) is 10.6. The molecule has 0 saturated carbocycles. The van der Waals surface area contributed by atoms with E-state index in [4.69, 9.17) is 0 Å². The van der Waals surface area contributed by atoms with Crippen LogP contribution in [0.5, 0.6) is 0 Å². The summed E-state index contributed by atoms with van der Waals surface area (Å²) in [5.74, 6) is 0. The number of hydrogen-bond donors (Lipinski definition) is 1. The van der Waals surface area contributed by atoms with Crippen molar-refractivity contribution in [2.75, 3.05) is 57.8 Å². The van der Waals surface area contributed by atoms with Crippen LogP contribution in [-0.2, 0) is 0 Å². The van der Waals surface area contributed by atoms with Gasteiger partial charge in [-0.1, -0.05) is 18.2 Å². The zero-order valence-electron chi connectivity index (χ0n) is 13.0. The minimum Gasteiger partial charge on any atom is -0.387 e. The molecule has 2 aliphatic heterocycles. The number of likely N-dealkylation sites (tertiary alicyclic amines) is 1. The predicted octanol–water partition coefficient (Wildman–Crippen LogP) is 1.27. The van der Waals surface area contributed by atoms with Crippen LogP contribution in [0.25, 0.3) is 0 Å². The Morgan fingerprint density at radius 1 is 1.05 bits per heavy atom. The van der Waals surface area contributed by atoms with E-state index >= 15 is 0 Å². The second kappa shape index (κ2) is 6.34. The van der Waals surface area contributed by atoms with Crippen molar-refractivity contribution in [1.82, 2.24) is 9.80 Å². The van der Waals surface area contributed by atoms with Gasteiger partial charge in [-0.2, -0.15) is 0 Å². The SMILES string of the molecule is CN1CCC[C@](O)(CN2CCN(c3ccccc3)CC2)C1. The van der Waals surface area contributed by atoms with Crippen molar-refractivity contribution in [3.63, 3.8) is 0 Å². The molecule has 3 rings (SSSR count). The number of benzene rings is 1. The zero-order valence-corrected chi connectivity index (χ0v) is 13.0. The monoisotopic (exact) mass is 289 g/mol. The van der Waals surface area contributed by atoms with Gasteiger partial charge in [0.2, 0.25) is 0 Å². The van der Waals surface area contributed by atoms with E-state index in [-0.39, 0.29) is 0 Å². The third-order valence-corrected chi connectivity index (χ3v) is 4.76. The highest BCUT2D eigenvalue weighted by Crippen LogP contribution is 2.23. The third-order valence-electron chi connectivity index (χ3n) is 4.76. The molecule has 2 fully saturated rings. The molecule has 1 atom stereocenters. The van der Waals surface area contributed by atoms with Crippen LogP contribution in [0, 0.1) is 0 Å². The Balaban J connectivity index is 1.52. The molecule has 0 radical (unpaired) electrons. The molecule has 0 bridgehead atoms. The van der Waals surface area contributed by atoms with Crippen molar-refractivity contribution in [3.8, 4) is 0 Å². The summed E-state index contributed by atoms with van der Waals surface area (Å²) in [7, 11) is 2.11. The number of piperazine rings is 1. The van der Waals surface area contributed by atoms with E-state index in [2.05, 4.69) is 52.1 Å². The Labute approximate surface area is 128 Å². The largest absolute Gasteiger partial charge is 0.387 e. The molecule has 2 heterocycles. The normalized spacial score (nSPS) is 28.8. The molecule has 0 unspecified atom stereocenters. The van der Waals surface area contributed by atoms with E-state index in [9.17, 15) is 5.11 Å². The van der Waals surface area contributed by atoms with E-state index in [1.807, 2.05) is 0 Å². The highest BCUT2D eigenvalue weighted by molar-refractivity contribution is 5.46. The van der Waals surface area contributed by atoms with Gasteiger partial charge in [0.25, 0.3) is 0 Å². The van der Waals surface area contributed by atoms with Crippen LogP contribution in [0.15, 0.2) is 30.3 Å². The first kappa shape index (κ1) is 14.8. The Morgan fingerprint density at radius 3 is 2.43 bits per heavy atom. The van der Waals surface area contributed by atoms with Crippen molar-refractivity contribution in [2.45, 2.75) is 18.4 Å². The predicted molar refractivity (Wildman–Crippen MR) is 86.8 cm³/mol. The molecule has 1 aromatic carbocycles. The van der Waals surface area contributed by atoms with E-state index in [1.165, 1.54) is 5.69 Å². The first-order chi connectivity index (χ1) is 10.1. The summed E-state index contributed by atoms with van der Waals surface area (Å²) >= 11 is 0. The second-order valence-electron chi connectivity index (χ2n) is 6.66. The number of piperidine rings is 1. The molecule has 2 aliphatic rings. The average Bonchev–Trinajstić information content (AvgIpc) is 2.48. The average molecular weight is 289 g/mol.